The standard InChI is InChI=1S/C14H24O3/c1-3-9-15-11-7-8-12-14(17-13(11)5-1)6-2-4-10-16-12/h11-14H,1-10H2/t11-,12+,13+,14-. The van der Waals surface area contributed by atoms with Crippen LogP contribution < -0.4 is 0 Å². The molecule has 0 spiro atoms. The average Bonchev–Trinajstić information content (AvgIpc) is 2.72. The van der Waals surface area contributed by atoms with Gasteiger partial charge in [0.15, 0.2) is 0 Å². The summed E-state index contributed by atoms with van der Waals surface area (Å²) in [4.78, 5) is 0. The summed E-state index contributed by atoms with van der Waals surface area (Å²) in [7, 11) is 0. The molecular formula is C14H24O3. The minimum absolute atomic E-state index is 0.327. The van der Waals surface area contributed by atoms with E-state index in [-0.39, 0.29) is 0 Å². The van der Waals surface area contributed by atoms with Crippen LogP contribution in [0.2, 0.25) is 0 Å². The molecule has 0 aromatic carbocycles. The summed E-state index contributed by atoms with van der Waals surface area (Å²) in [6.07, 6.45) is 10.8. The van der Waals surface area contributed by atoms with E-state index in [2.05, 4.69) is 0 Å². The van der Waals surface area contributed by atoms with Gasteiger partial charge in [0, 0.05) is 13.2 Å². The number of hydrogen-bond acceptors (Lipinski definition) is 3. The molecule has 3 heterocycles. The van der Waals surface area contributed by atoms with Gasteiger partial charge in [-0.25, -0.2) is 0 Å². The Morgan fingerprint density at radius 1 is 0.529 bits per heavy atom. The molecule has 3 saturated heterocycles. The first-order valence-corrected chi connectivity index (χ1v) is 7.32. The van der Waals surface area contributed by atoms with Crippen molar-refractivity contribution in [1.82, 2.24) is 0 Å². The minimum Gasteiger partial charge on any atom is -0.376 e. The van der Waals surface area contributed by atoms with Crippen LogP contribution in [0.15, 0.2) is 0 Å². The maximum atomic E-state index is 6.33. The largest absolute Gasteiger partial charge is 0.376 e. The second kappa shape index (κ2) is 5.68. The Morgan fingerprint density at radius 3 is 1.59 bits per heavy atom. The monoisotopic (exact) mass is 240 g/mol. The fraction of sp³-hybridized carbons (Fsp3) is 1.00. The molecule has 0 aromatic rings. The first-order chi connectivity index (χ1) is 8.43. The van der Waals surface area contributed by atoms with Crippen LogP contribution in [-0.2, 0) is 14.2 Å². The predicted octanol–water partition coefficient (Wildman–Crippen LogP) is 2.67. The Labute approximate surface area is 104 Å². The first-order valence-electron chi connectivity index (χ1n) is 7.32. The molecule has 0 saturated carbocycles. The molecule has 3 heteroatoms. The van der Waals surface area contributed by atoms with Crippen molar-refractivity contribution in [2.45, 2.75) is 75.8 Å². The van der Waals surface area contributed by atoms with Gasteiger partial charge in [0.05, 0.1) is 24.4 Å². The highest BCUT2D eigenvalue weighted by Gasteiger charge is 2.36. The normalized spacial score (nSPS) is 43.8. The fourth-order valence-corrected chi connectivity index (χ4v) is 3.35. The first kappa shape index (κ1) is 11.9. The molecule has 3 aliphatic heterocycles. The van der Waals surface area contributed by atoms with Gasteiger partial charge < -0.3 is 14.2 Å². The van der Waals surface area contributed by atoms with Crippen molar-refractivity contribution in [2.75, 3.05) is 13.2 Å². The molecule has 17 heavy (non-hydrogen) atoms. The van der Waals surface area contributed by atoms with Crippen molar-refractivity contribution >= 4 is 0 Å². The lowest BCUT2D eigenvalue weighted by atomic mass is 10.0. The highest BCUT2D eigenvalue weighted by Crippen LogP contribution is 2.31. The van der Waals surface area contributed by atoms with E-state index < -0.39 is 0 Å². The van der Waals surface area contributed by atoms with Crippen molar-refractivity contribution in [3.63, 3.8) is 0 Å². The summed E-state index contributed by atoms with van der Waals surface area (Å²) >= 11 is 0. The maximum Gasteiger partial charge on any atom is 0.0841 e. The van der Waals surface area contributed by atoms with Crippen LogP contribution in [0.25, 0.3) is 0 Å². The topological polar surface area (TPSA) is 27.7 Å². The molecule has 0 aromatic heterocycles. The van der Waals surface area contributed by atoms with Crippen molar-refractivity contribution in [3.05, 3.63) is 0 Å². The van der Waals surface area contributed by atoms with Gasteiger partial charge in [-0.05, 0) is 51.4 Å². The lowest BCUT2D eigenvalue weighted by Crippen LogP contribution is -2.34. The Kier molecular flexibility index (Phi) is 3.99. The Morgan fingerprint density at radius 2 is 1.06 bits per heavy atom. The summed E-state index contributed by atoms with van der Waals surface area (Å²) in [5.74, 6) is 0. The number of rotatable bonds is 0. The van der Waals surface area contributed by atoms with Crippen molar-refractivity contribution in [1.29, 1.82) is 0 Å². The van der Waals surface area contributed by atoms with Gasteiger partial charge in [0.1, 0.15) is 0 Å². The van der Waals surface area contributed by atoms with Crippen LogP contribution in [-0.4, -0.2) is 37.6 Å². The van der Waals surface area contributed by atoms with Gasteiger partial charge in [0.2, 0.25) is 0 Å². The molecule has 0 unspecified atom stereocenters. The molecule has 0 bridgehead atoms. The van der Waals surface area contributed by atoms with Crippen LogP contribution in [0.5, 0.6) is 0 Å². The van der Waals surface area contributed by atoms with Gasteiger partial charge in [-0.15, -0.1) is 0 Å². The minimum atomic E-state index is 0.327. The van der Waals surface area contributed by atoms with Gasteiger partial charge in [-0.3, -0.25) is 0 Å². The Balaban J connectivity index is 1.69. The van der Waals surface area contributed by atoms with Crippen LogP contribution in [0.1, 0.15) is 51.4 Å². The van der Waals surface area contributed by atoms with E-state index in [4.69, 9.17) is 14.2 Å². The second-order valence-electron chi connectivity index (χ2n) is 5.60. The van der Waals surface area contributed by atoms with Gasteiger partial charge >= 0.3 is 0 Å². The summed E-state index contributed by atoms with van der Waals surface area (Å²) in [6, 6.07) is 0. The number of fused-ring (bicyclic) bond motifs is 2. The molecule has 0 N–H and O–H groups in total. The van der Waals surface area contributed by atoms with E-state index in [9.17, 15) is 0 Å². The van der Waals surface area contributed by atoms with E-state index in [0.717, 1.165) is 26.1 Å². The highest BCUT2D eigenvalue weighted by atomic mass is 16.6. The highest BCUT2D eigenvalue weighted by molar-refractivity contribution is 4.85. The number of hydrogen-bond donors (Lipinski definition) is 0. The molecule has 98 valence electrons. The zero-order valence-electron chi connectivity index (χ0n) is 10.6. The molecule has 3 fully saturated rings. The van der Waals surface area contributed by atoms with Crippen LogP contribution in [0.3, 0.4) is 0 Å². The molecule has 3 rings (SSSR count). The number of ether oxygens (including phenoxy) is 3. The quantitative estimate of drug-likeness (QED) is 0.651. The lowest BCUT2D eigenvalue weighted by molar-refractivity contribution is -0.113. The Hall–Kier alpha value is -0.120. The van der Waals surface area contributed by atoms with Crippen molar-refractivity contribution < 1.29 is 14.2 Å². The second-order valence-corrected chi connectivity index (χ2v) is 5.60. The Bertz CT molecular complexity index is 220. The average molecular weight is 240 g/mol. The lowest BCUT2D eigenvalue weighted by Gasteiger charge is -2.27. The van der Waals surface area contributed by atoms with Gasteiger partial charge in [-0.1, -0.05) is 0 Å². The molecular weight excluding hydrogens is 216 g/mol. The molecule has 0 radical (unpaired) electrons. The molecule has 3 nitrogen and oxygen atoms in total. The van der Waals surface area contributed by atoms with Crippen LogP contribution in [0, 0.1) is 0 Å². The van der Waals surface area contributed by atoms with Crippen LogP contribution >= 0.6 is 0 Å². The molecule has 0 amide bonds. The fourth-order valence-electron chi connectivity index (χ4n) is 3.35. The zero-order valence-corrected chi connectivity index (χ0v) is 10.6. The van der Waals surface area contributed by atoms with E-state index in [0.29, 0.717) is 24.4 Å². The summed E-state index contributed by atoms with van der Waals surface area (Å²) in [6.45, 7) is 1.83. The molecule has 0 aliphatic carbocycles. The summed E-state index contributed by atoms with van der Waals surface area (Å²) < 4.78 is 18.2. The summed E-state index contributed by atoms with van der Waals surface area (Å²) in [5.41, 5.74) is 0. The van der Waals surface area contributed by atoms with E-state index in [1.807, 2.05) is 0 Å². The maximum absolute atomic E-state index is 6.33. The van der Waals surface area contributed by atoms with Gasteiger partial charge in [0.25, 0.3) is 0 Å². The predicted molar refractivity (Wildman–Crippen MR) is 65.1 cm³/mol. The zero-order chi connectivity index (χ0) is 11.5. The third-order valence-corrected chi connectivity index (χ3v) is 4.34. The van der Waals surface area contributed by atoms with E-state index in [1.165, 1.54) is 38.5 Å². The third kappa shape index (κ3) is 2.83. The molecule has 3 aliphatic rings. The van der Waals surface area contributed by atoms with Gasteiger partial charge in [-0.2, -0.15) is 0 Å². The third-order valence-electron chi connectivity index (χ3n) is 4.34. The SMILES string of the molecule is C1CC[C@H]2O[C@H]3CCCCO[C@@H]3CC[C@@H]2OC1. The van der Waals surface area contributed by atoms with E-state index in [1.54, 1.807) is 0 Å². The van der Waals surface area contributed by atoms with Crippen molar-refractivity contribution in [3.8, 4) is 0 Å². The van der Waals surface area contributed by atoms with E-state index >= 15 is 0 Å². The van der Waals surface area contributed by atoms with Crippen molar-refractivity contribution in [2.24, 2.45) is 0 Å². The van der Waals surface area contributed by atoms with Crippen LogP contribution in [0.4, 0.5) is 0 Å². The smallest absolute Gasteiger partial charge is 0.0841 e. The molecule has 4 atom stereocenters. The summed E-state index contributed by atoms with van der Waals surface area (Å²) in [5, 5.41) is 0.